The van der Waals surface area contributed by atoms with Crippen LogP contribution in [-0.2, 0) is 18.0 Å². The third-order valence-corrected chi connectivity index (χ3v) is 6.61. The van der Waals surface area contributed by atoms with Crippen LogP contribution in [0.25, 0.3) is 0 Å². The topological polar surface area (TPSA) is 100 Å². The number of rotatable bonds is 8. The summed E-state index contributed by atoms with van der Waals surface area (Å²) in [4.78, 5) is 25.1. The maximum Gasteiger partial charge on any atom is 0.338 e. The number of halogens is 1. The number of nitrogens with zero attached hydrogens (tertiary/aromatic N) is 4. The average Bonchev–Trinajstić information content (AvgIpc) is 3.46. The Morgan fingerprint density at radius 3 is 2.43 bits per heavy atom. The van der Waals surface area contributed by atoms with Crippen molar-refractivity contribution in [3.63, 3.8) is 0 Å². The maximum absolute atomic E-state index is 12.9. The molecule has 0 radical (unpaired) electrons. The summed E-state index contributed by atoms with van der Waals surface area (Å²) < 4.78 is 14.0. The number of amides is 1. The van der Waals surface area contributed by atoms with Crippen LogP contribution in [-0.4, -0.2) is 38.5 Å². The van der Waals surface area contributed by atoms with Gasteiger partial charge in [-0.1, -0.05) is 29.8 Å². The van der Waals surface area contributed by atoms with E-state index in [1.165, 1.54) is 7.11 Å². The Morgan fingerprint density at radius 2 is 1.73 bits per heavy atom. The van der Waals surface area contributed by atoms with Crippen LogP contribution < -0.4 is 10.1 Å². The molecule has 2 aromatic carbocycles. The van der Waals surface area contributed by atoms with E-state index in [1.54, 1.807) is 33.8 Å². The van der Waals surface area contributed by atoms with Gasteiger partial charge >= 0.3 is 5.97 Å². The number of benzene rings is 2. The van der Waals surface area contributed by atoms with Crippen molar-refractivity contribution >= 4 is 29.2 Å². The van der Waals surface area contributed by atoms with Crippen LogP contribution in [0.4, 0.5) is 5.69 Å². The molecule has 0 fully saturated rings. The molecule has 10 heteroatoms. The molecule has 0 aliphatic rings. The summed E-state index contributed by atoms with van der Waals surface area (Å²) >= 11 is 6.22. The average molecular weight is 522 g/mol. The van der Waals surface area contributed by atoms with Crippen molar-refractivity contribution in [3.8, 4) is 5.75 Å². The van der Waals surface area contributed by atoms with Crippen molar-refractivity contribution in [1.82, 2.24) is 19.6 Å². The lowest BCUT2D eigenvalue weighted by Crippen LogP contribution is -2.15. The Hall–Kier alpha value is -4.11. The van der Waals surface area contributed by atoms with E-state index in [-0.39, 0.29) is 18.3 Å². The van der Waals surface area contributed by atoms with Gasteiger partial charge in [0.2, 0.25) is 0 Å². The zero-order valence-corrected chi connectivity index (χ0v) is 22.1. The molecule has 0 atom stereocenters. The van der Waals surface area contributed by atoms with Gasteiger partial charge in [0.05, 0.1) is 36.3 Å². The van der Waals surface area contributed by atoms with Gasteiger partial charge in [0.25, 0.3) is 5.91 Å². The summed E-state index contributed by atoms with van der Waals surface area (Å²) in [6.07, 6.45) is 1.68. The van der Waals surface area contributed by atoms with Gasteiger partial charge in [-0.2, -0.15) is 10.2 Å². The van der Waals surface area contributed by atoms with E-state index in [2.05, 4.69) is 15.5 Å². The molecule has 4 aromatic rings. The van der Waals surface area contributed by atoms with Crippen LogP contribution in [0.3, 0.4) is 0 Å². The first-order chi connectivity index (χ1) is 17.7. The Labute approximate surface area is 220 Å². The first-order valence-electron chi connectivity index (χ1n) is 11.6. The molecule has 0 aliphatic heterocycles. The fourth-order valence-corrected chi connectivity index (χ4v) is 4.13. The molecule has 2 heterocycles. The van der Waals surface area contributed by atoms with E-state index in [9.17, 15) is 9.59 Å². The molecule has 9 nitrogen and oxygen atoms in total. The number of anilines is 1. The molecule has 0 bridgehead atoms. The molecule has 2 aromatic heterocycles. The van der Waals surface area contributed by atoms with E-state index in [0.717, 1.165) is 22.4 Å². The summed E-state index contributed by atoms with van der Waals surface area (Å²) in [6, 6.07) is 12.5. The van der Waals surface area contributed by atoms with E-state index in [0.29, 0.717) is 34.3 Å². The van der Waals surface area contributed by atoms with Crippen LogP contribution in [0.2, 0.25) is 5.02 Å². The fourth-order valence-electron chi connectivity index (χ4n) is 4.02. The first kappa shape index (κ1) is 26.0. The summed E-state index contributed by atoms with van der Waals surface area (Å²) in [7, 11) is 1.35. The van der Waals surface area contributed by atoms with Gasteiger partial charge in [-0.3, -0.25) is 9.48 Å². The second-order valence-corrected chi connectivity index (χ2v) is 9.07. The number of esters is 1. The molecule has 0 unspecified atom stereocenters. The van der Waals surface area contributed by atoms with Crippen molar-refractivity contribution < 1.29 is 19.1 Å². The van der Waals surface area contributed by atoms with Gasteiger partial charge in [-0.15, -0.1) is 0 Å². The summed E-state index contributed by atoms with van der Waals surface area (Å²) in [5.74, 6) is -0.0995. The highest BCUT2D eigenvalue weighted by Crippen LogP contribution is 2.26. The van der Waals surface area contributed by atoms with Gasteiger partial charge in [-0.05, 0) is 68.7 Å². The smallest absolute Gasteiger partial charge is 0.338 e. The predicted molar refractivity (Wildman–Crippen MR) is 140 cm³/mol. The van der Waals surface area contributed by atoms with Crippen LogP contribution in [0.5, 0.6) is 5.75 Å². The molecule has 0 saturated heterocycles. The van der Waals surface area contributed by atoms with Crippen molar-refractivity contribution in [2.75, 3.05) is 12.4 Å². The van der Waals surface area contributed by atoms with Gasteiger partial charge in [0.1, 0.15) is 5.75 Å². The SMILES string of the molecule is COC(=O)c1ccccc1Cn1nc(C)c(NC(=O)c2ccn(COc3cc(C)c(Cl)c(C)c3)n2)c1C. The number of aromatic nitrogens is 4. The van der Waals surface area contributed by atoms with Crippen LogP contribution in [0, 0.1) is 27.7 Å². The molecule has 0 saturated carbocycles. The lowest BCUT2D eigenvalue weighted by atomic mass is 10.1. The standard InChI is InChI=1S/C27H28ClN5O4/c1-16-12-21(13-17(2)24(16)28)37-15-32-11-10-23(31-32)26(34)29-25-18(3)30-33(19(25)4)14-20-8-6-7-9-22(20)27(35)36-5/h6-13H,14-15H2,1-5H3,(H,29,34). The first-order valence-corrected chi connectivity index (χ1v) is 12.0. The number of aryl methyl sites for hydroxylation is 3. The number of carbonyl (C=O) groups is 2. The van der Waals surface area contributed by atoms with E-state index in [4.69, 9.17) is 21.1 Å². The minimum Gasteiger partial charge on any atom is -0.471 e. The summed E-state index contributed by atoms with van der Waals surface area (Å²) in [6.45, 7) is 8.00. The molecule has 192 valence electrons. The minimum absolute atomic E-state index is 0.142. The zero-order valence-electron chi connectivity index (χ0n) is 21.3. The van der Waals surface area contributed by atoms with Gasteiger partial charge in [0, 0.05) is 11.2 Å². The Balaban J connectivity index is 1.45. The molecule has 0 spiro atoms. The lowest BCUT2D eigenvalue weighted by Gasteiger charge is -2.10. The molecular weight excluding hydrogens is 494 g/mol. The molecule has 4 rings (SSSR count). The second kappa shape index (κ2) is 10.9. The van der Waals surface area contributed by atoms with Crippen molar-refractivity contribution in [1.29, 1.82) is 0 Å². The third kappa shape index (κ3) is 5.67. The van der Waals surface area contributed by atoms with Gasteiger partial charge < -0.3 is 14.8 Å². The highest BCUT2D eigenvalue weighted by atomic mass is 35.5. The van der Waals surface area contributed by atoms with E-state index < -0.39 is 5.97 Å². The normalized spacial score (nSPS) is 10.9. The van der Waals surface area contributed by atoms with Crippen LogP contribution >= 0.6 is 11.6 Å². The second-order valence-electron chi connectivity index (χ2n) is 8.69. The van der Waals surface area contributed by atoms with Gasteiger partial charge in [-0.25, -0.2) is 9.48 Å². The Morgan fingerprint density at radius 1 is 1.03 bits per heavy atom. The van der Waals surface area contributed by atoms with Gasteiger partial charge in [0.15, 0.2) is 12.4 Å². The molecule has 0 aliphatic carbocycles. The van der Waals surface area contributed by atoms with Crippen LogP contribution in [0.15, 0.2) is 48.7 Å². The maximum atomic E-state index is 12.9. The number of ether oxygens (including phenoxy) is 2. The molecule has 1 amide bonds. The van der Waals surface area contributed by atoms with Crippen molar-refractivity contribution in [2.45, 2.75) is 41.0 Å². The van der Waals surface area contributed by atoms with E-state index in [1.807, 2.05) is 52.0 Å². The van der Waals surface area contributed by atoms with Crippen molar-refractivity contribution in [2.24, 2.45) is 0 Å². The Bertz CT molecular complexity index is 1450. The molecule has 1 N–H and O–H groups in total. The van der Waals surface area contributed by atoms with Crippen LogP contribution in [0.1, 0.15) is 48.9 Å². The zero-order chi connectivity index (χ0) is 26.7. The Kier molecular flexibility index (Phi) is 7.63. The number of hydrogen-bond acceptors (Lipinski definition) is 6. The monoisotopic (exact) mass is 521 g/mol. The minimum atomic E-state index is -0.411. The van der Waals surface area contributed by atoms with E-state index >= 15 is 0 Å². The quantitative estimate of drug-likeness (QED) is 0.324. The summed E-state index contributed by atoms with van der Waals surface area (Å²) in [5.41, 5.74) is 5.34. The highest BCUT2D eigenvalue weighted by Gasteiger charge is 2.19. The number of carbonyl (C=O) groups excluding carboxylic acids is 2. The fraction of sp³-hybridized carbons (Fsp3) is 0.259. The number of methoxy groups -OCH3 is 1. The molecular formula is C27H28ClN5O4. The number of hydrogen-bond donors (Lipinski definition) is 1. The number of nitrogens with one attached hydrogen (secondary N) is 1. The summed E-state index contributed by atoms with van der Waals surface area (Å²) in [5, 5.41) is 12.5. The predicted octanol–water partition coefficient (Wildman–Crippen LogP) is 5.09. The lowest BCUT2D eigenvalue weighted by molar-refractivity contribution is 0.0599. The largest absolute Gasteiger partial charge is 0.471 e. The molecule has 37 heavy (non-hydrogen) atoms. The third-order valence-electron chi connectivity index (χ3n) is 6.01. The highest BCUT2D eigenvalue weighted by molar-refractivity contribution is 6.32. The van der Waals surface area contributed by atoms with Crippen molar-refractivity contribution in [3.05, 3.63) is 93.0 Å².